The second kappa shape index (κ2) is 4.78. The Labute approximate surface area is 93.2 Å². The SMILES string of the molecule is CCCn1cc(OCc2nc(C)no2)cn1. The molecule has 0 aliphatic rings. The van der Waals surface area contributed by atoms with Crippen molar-refractivity contribution >= 4 is 0 Å². The molecule has 6 nitrogen and oxygen atoms in total. The molecule has 0 saturated heterocycles. The van der Waals surface area contributed by atoms with E-state index in [0.29, 0.717) is 17.5 Å². The van der Waals surface area contributed by atoms with Crippen LogP contribution in [0.15, 0.2) is 16.9 Å². The van der Waals surface area contributed by atoms with Crippen LogP contribution >= 0.6 is 0 Å². The van der Waals surface area contributed by atoms with Gasteiger partial charge in [0.05, 0.1) is 12.4 Å². The molecule has 2 rings (SSSR count). The molecule has 0 atom stereocenters. The summed E-state index contributed by atoms with van der Waals surface area (Å²) in [5.74, 6) is 1.80. The summed E-state index contributed by atoms with van der Waals surface area (Å²) in [4.78, 5) is 4.04. The molecule has 0 aromatic carbocycles. The van der Waals surface area contributed by atoms with E-state index in [1.807, 2.05) is 10.9 Å². The Kier molecular flexibility index (Phi) is 3.19. The third-order valence-corrected chi connectivity index (χ3v) is 1.99. The normalized spacial score (nSPS) is 10.6. The molecule has 2 aromatic heterocycles. The van der Waals surface area contributed by atoms with Gasteiger partial charge in [0.1, 0.15) is 0 Å². The number of hydrogen-bond donors (Lipinski definition) is 0. The average Bonchev–Trinajstić information content (AvgIpc) is 2.85. The predicted molar refractivity (Wildman–Crippen MR) is 55.9 cm³/mol. The summed E-state index contributed by atoms with van der Waals surface area (Å²) in [5.41, 5.74) is 0. The lowest BCUT2D eigenvalue weighted by Crippen LogP contribution is -1.96. The van der Waals surface area contributed by atoms with Crippen LogP contribution in [0.25, 0.3) is 0 Å². The quantitative estimate of drug-likeness (QED) is 0.768. The van der Waals surface area contributed by atoms with E-state index in [-0.39, 0.29) is 6.61 Å². The first-order chi connectivity index (χ1) is 7.78. The summed E-state index contributed by atoms with van der Waals surface area (Å²) < 4.78 is 12.2. The number of nitrogens with zero attached hydrogens (tertiary/aromatic N) is 4. The van der Waals surface area contributed by atoms with Gasteiger partial charge in [0.15, 0.2) is 18.2 Å². The lowest BCUT2D eigenvalue weighted by Gasteiger charge is -1.98. The molecule has 86 valence electrons. The summed E-state index contributed by atoms with van der Waals surface area (Å²) in [5, 5.41) is 7.83. The standard InChI is InChI=1S/C10H14N4O2/c1-3-4-14-6-9(5-11-14)15-7-10-12-8(2)13-16-10/h5-6H,3-4,7H2,1-2H3. The second-order valence-corrected chi connectivity index (χ2v) is 3.46. The van der Waals surface area contributed by atoms with Crippen LogP contribution in [0.3, 0.4) is 0 Å². The van der Waals surface area contributed by atoms with Crippen LogP contribution in [0.4, 0.5) is 0 Å². The third kappa shape index (κ3) is 2.59. The van der Waals surface area contributed by atoms with E-state index in [1.54, 1.807) is 13.1 Å². The maximum Gasteiger partial charge on any atom is 0.264 e. The van der Waals surface area contributed by atoms with Crippen LogP contribution in [0, 0.1) is 6.92 Å². The molecule has 16 heavy (non-hydrogen) atoms. The fourth-order valence-electron chi connectivity index (χ4n) is 1.31. The van der Waals surface area contributed by atoms with Crippen LogP contribution < -0.4 is 4.74 Å². The molecule has 0 fully saturated rings. The van der Waals surface area contributed by atoms with Gasteiger partial charge >= 0.3 is 0 Å². The molecule has 0 N–H and O–H groups in total. The molecule has 0 bridgehead atoms. The van der Waals surface area contributed by atoms with E-state index in [1.165, 1.54) is 0 Å². The van der Waals surface area contributed by atoms with Crippen molar-refractivity contribution in [1.29, 1.82) is 0 Å². The Morgan fingerprint density at radius 2 is 2.38 bits per heavy atom. The molecule has 0 amide bonds. The summed E-state index contributed by atoms with van der Waals surface area (Å²) in [7, 11) is 0. The Hall–Kier alpha value is -1.85. The van der Waals surface area contributed by atoms with Gasteiger partial charge in [0.2, 0.25) is 0 Å². The fraction of sp³-hybridized carbons (Fsp3) is 0.500. The van der Waals surface area contributed by atoms with Crippen LogP contribution in [0.2, 0.25) is 0 Å². The molecule has 0 spiro atoms. The third-order valence-electron chi connectivity index (χ3n) is 1.99. The van der Waals surface area contributed by atoms with Crippen LogP contribution in [-0.4, -0.2) is 19.9 Å². The van der Waals surface area contributed by atoms with Crippen LogP contribution in [0.1, 0.15) is 25.1 Å². The highest BCUT2D eigenvalue weighted by atomic mass is 16.5. The first kappa shape index (κ1) is 10.7. The zero-order valence-electron chi connectivity index (χ0n) is 9.38. The summed E-state index contributed by atoms with van der Waals surface area (Å²) >= 11 is 0. The van der Waals surface area contributed by atoms with Crippen LogP contribution in [-0.2, 0) is 13.2 Å². The Balaban J connectivity index is 1.89. The summed E-state index contributed by atoms with van der Waals surface area (Å²) in [6.07, 6.45) is 4.58. The van der Waals surface area contributed by atoms with Gasteiger partial charge in [-0.1, -0.05) is 12.1 Å². The smallest absolute Gasteiger partial charge is 0.264 e. The molecular weight excluding hydrogens is 208 g/mol. The van der Waals surface area contributed by atoms with E-state index in [9.17, 15) is 0 Å². The molecular formula is C10H14N4O2. The molecule has 0 saturated carbocycles. The van der Waals surface area contributed by atoms with Gasteiger partial charge in [0, 0.05) is 6.54 Å². The van der Waals surface area contributed by atoms with Crippen molar-refractivity contribution in [3.05, 3.63) is 24.1 Å². The number of aromatic nitrogens is 4. The largest absolute Gasteiger partial charge is 0.480 e. The van der Waals surface area contributed by atoms with Gasteiger partial charge in [-0.2, -0.15) is 10.1 Å². The molecule has 2 aromatic rings. The Bertz CT molecular complexity index is 449. The van der Waals surface area contributed by atoms with Gasteiger partial charge in [-0.3, -0.25) is 4.68 Å². The van der Waals surface area contributed by atoms with E-state index < -0.39 is 0 Å². The Morgan fingerprint density at radius 3 is 3.06 bits per heavy atom. The minimum atomic E-state index is 0.276. The molecule has 0 aliphatic carbocycles. The molecule has 2 heterocycles. The summed E-state index contributed by atoms with van der Waals surface area (Å²) in [6, 6.07) is 0. The minimum Gasteiger partial charge on any atom is -0.480 e. The van der Waals surface area contributed by atoms with Gasteiger partial charge in [-0.25, -0.2) is 0 Å². The summed E-state index contributed by atoms with van der Waals surface area (Å²) in [6.45, 7) is 5.04. The van der Waals surface area contributed by atoms with E-state index in [2.05, 4.69) is 22.2 Å². The van der Waals surface area contributed by atoms with E-state index >= 15 is 0 Å². The van der Waals surface area contributed by atoms with E-state index in [0.717, 1.165) is 13.0 Å². The molecule has 6 heteroatoms. The second-order valence-electron chi connectivity index (χ2n) is 3.46. The number of rotatable bonds is 5. The number of hydrogen-bond acceptors (Lipinski definition) is 5. The Morgan fingerprint density at radius 1 is 1.50 bits per heavy atom. The monoisotopic (exact) mass is 222 g/mol. The van der Waals surface area contributed by atoms with Crippen molar-refractivity contribution in [3.63, 3.8) is 0 Å². The highest BCUT2D eigenvalue weighted by molar-refractivity contribution is 5.11. The lowest BCUT2D eigenvalue weighted by molar-refractivity contribution is 0.242. The number of ether oxygens (including phenoxy) is 1. The van der Waals surface area contributed by atoms with Gasteiger partial charge in [0.25, 0.3) is 5.89 Å². The molecule has 0 unspecified atom stereocenters. The van der Waals surface area contributed by atoms with Crippen molar-refractivity contribution in [2.45, 2.75) is 33.4 Å². The van der Waals surface area contributed by atoms with Crippen molar-refractivity contribution in [3.8, 4) is 5.75 Å². The maximum absolute atomic E-state index is 5.45. The van der Waals surface area contributed by atoms with Crippen LogP contribution in [0.5, 0.6) is 5.75 Å². The lowest BCUT2D eigenvalue weighted by atomic mass is 10.5. The zero-order valence-corrected chi connectivity index (χ0v) is 9.38. The van der Waals surface area contributed by atoms with Crippen molar-refractivity contribution in [2.75, 3.05) is 0 Å². The van der Waals surface area contributed by atoms with Gasteiger partial charge in [-0.05, 0) is 13.3 Å². The number of aryl methyl sites for hydroxylation is 2. The van der Waals surface area contributed by atoms with Crippen molar-refractivity contribution in [2.24, 2.45) is 0 Å². The minimum absolute atomic E-state index is 0.276. The highest BCUT2D eigenvalue weighted by Gasteiger charge is 2.04. The fourth-order valence-corrected chi connectivity index (χ4v) is 1.31. The topological polar surface area (TPSA) is 66.0 Å². The van der Waals surface area contributed by atoms with Crippen molar-refractivity contribution < 1.29 is 9.26 Å². The van der Waals surface area contributed by atoms with Gasteiger partial charge < -0.3 is 9.26 Å². The zero-order chi connectivity index (χ0) is 11.4. The molecule has 0 radical (unpaired) electrons. The first-order valence-electron chi connectivity index (χ1n) is 5.22. The van der Waals surface area contributed by atoms with E-state index in [4.69, 9.17) is 9.26 Å². The average molecular weight is 222 g/mol. The highest BCUT2D eigenvalue weighted by Crippen LogP contribution is 2.10. The molecule has 0 aliphatic heterocycles. The van der Waals surface area contributed by atoms with Gasteiger partial charge in [-0.15, -0.1) is 0 Å². The first-order valence-corrected chi connectivity index (χ1v) is 5.22. The van der Waals surface area contributed by atoms with Crippen molar-refractivity contribution in [1.82, 2.24) is 19.9 Å². The maximum atomic E-state index is 5.45. The predicted octanol–water partition coefficient (Wildman–Crippen LogP) is 1.56.